The second-order valence-corrected chi connectivity index (χ2v) is 9.52. The highest BCUT2D eigenvalue weighted by molar-refractivity contribution is 9.10. The summed E-state index contributed by atoms with van der Waals surface area (Å²) in [5.74, 6) is 4.11. The molecule has 0 saturated carbocycles. The number of nitrogens with zero attached hydrogens (tertiary/aromatic N) is 3. The van der Waals surface area contributed by atoms with E-state index in [1.807, 2.05) is 36.4 Å². The smallest absolute Gasteiger partial charge is 0.241 e. The number of rotatable bonds is 9. The summed E-state index contributed by atoms with van der Waals surface area (Å²) in [6, 6.07) is 11.7. The molecule has 0 unspecified atom stereocenters. The highest BCUT2D eigenvalue weighted by atomic mass is 79.9. The number of nitrogens with one attached hydrogen (secondary N) is 1. The number of likely N-dealkylation sites (tertiary alicyclic amines) is 1. The number of piperidine rings is 1. The van der Waals surface area contributed by atoms with Crippen molar-refractivity contribution in [3.05, 3.63) is 58.8 Å². The van der Waals surface area contributed by atoms with E-state index in [0.717, 1.165) is 53.2 Å². The highest BCUT2D eigenvalue weighted by Gasteiger charge is 2.25. The zero-order chi connectivity index (χ0) is 21.5. The third kappa shape index (κ3) is 6.44. The lowest BCUT2D eigenvalue weighted by molar-refractivity contribution is -0.126. The van der Waals surface area contributed by atoms with E-state index in [0.29, 0.717) is 24.8 Å². The summed E-state index contributed by atoms with van der Waals surface area (Å²) in [5.41, 5.74) is 0.919. The molecule has 1 amide bonds. The van der Waals surface area contributed by atoms with Gasteiger partial charge in [0.15, 0.2) is 0 Å². The van der Waals surface area contributed by atoms with E-state index >= 15 is 0 Å². The second kappa shape index (κ2) is 11.0. The predicted molar refractivity (Wildman–Crippen MR) is 123 cm³/mol. The van der Waals surface area contributed by atoms with Crippen molar-refractivity contribution in [1.82, 2.24) is 20.4 Å². The van der Waals surface area contributed by atoms with Crippen molar-refractivity contribution in [2.24, 2.45) is 5.92 Å². The van der Waals surface area contributed by atoms with Crippen molar-refractivity contribution in [2.45, 2.75) is 25.1 Å². The van der Waals surface area contributed by atoms with E-state index < -0.39 is 0 Å². The highest BCUT2D eigenvalue weighted by Crippen LogP contribution is 2.22. The predicted octanol–water partition coefficient (Wildman–Crippen LogP) is 4.35. The Labute approximate surface area is 194 Å². The van der Waals surface area contributed by atoms with Crippen molar-refractivity contribution in [3.63, 3.8) is 0 Å². The molecule has 31 heavy (non-hydrogen) atoms. The maximum atomic E-state index is 12.4. The van der Waals surface area contributed by atoms with E-state index in [4.69, 9.17) is 8.94 Å². The van der Waals surface area contributed by atoms with Gasteiger partial charge in [-0.3, -0.25) is 9.69 Å². The van der Waals surface area contributed by atoms with Crippen LogP contribution in [0, 0.1) is 5.92 Å². The van der Waals surface area contributed by atoms with Crippen molar-refractivity contribution in [1.29, 1.82) is 0 Å². The Morgan fingerprint density at radius 1 is 1.26 bits per heavy atom. The van der Waals surface area contributed by atoms with Gasteiger partial charge in [0.25, 0.3) is 0 Å². The van der Waals surface area contributed by atoms with Crippen LogP contribution in [0.5, 0.6) is 0 Å². The van der Waals surface area contributed by atoms with Crippen LogP contribution in [0.25, 0.3) is 11.4 Å². The number of furan rings is 1. The lowest BCUT2D eigenvalue weighted by atomic mass is 9.96. The Kier molecular flexibility index (Phi) is 7.82. The first kappa shape index (κ1) is 22.1. The quantitative estimate of drug-likeness (QED) is 0.433. The lowest BCUT2D eigenvalue weighted by Crippen LogP contribution is -2.40. The number of benzene rings is 1. The Morgan fingerprint density at radius 3 is 2.90 bits per heavy atom. The molecule has 0 bridgehead atoms. The molecule has 1 aliphatic rings. The van der Waals surface area contributed by atoms with Gasteiger partial charge in [0.05, 0.1) is 18.6 Å². The molecular formula is C22H25BrN4O3S. The standard InChI is InChI=1S/C22H25BrN4O3S/c23-18-4-1-3-17(13-18)21-25-20(30-26-21)14-27-9-6-16(7-10-27)22(28)24-8-12-31-15-19-5-2-11-29-19/h1-5,11,13,16H,6-10,12,14-15H2,(H,24,28). The van der Waals surface area contributed by atoms with Gasteiger partial charge < -0.3 is 14.3 Å². The number of carbonyl (C=O) groups is 1. The van der Waals surface area contributed by atoms with Crippen molar-refractivity contribution >= 4 is 33.6 Å². The van der Waals surface area contributed by atoms with Crippen LogP contribution in [-0.2, 0) is 17.1 Å². The van der Waals surface area contributed by atoms with Gasteiger partial charge in [-0.2, -0.15) is 16.7 Å². The van der Waals surface area contributed by atoms with Crippen LogP contribution in [-0.4, -0.2) is 46.3 Å². The Morgan fingerprint density at radius 2 is 2.13 bits per heavy atom. The average Bonchev–Trinajstić information content (AvgIpc) is 3.46. The second-order valence-electron chi connectivity index (χ2n) is 7.50. The minimum absolute atomic E-state index is 0.0752. The molecule has 0 spiro atoms. The monoisotopic (exact) mass is 504 g/mol. The van der Waals surface area contributed by atoms with Crippen LogP contribution in [0.15, 0.2) is 56.1 Å². The Bertz CT molecular complexity index is 971. The molecule has 1 aliphatic heterocycles. The minimum Gasteiger partial charge on any atom is -0.468 e. The van der Waals surface area contributed by atoms with Crippen LogP contribution in [0.4, 0.5) is 0 Å². The minimum atomic E-state index is 0.0752. The molecule has 3 heterocycles. The number of hydrogen-bond acceptors (Lipinski definition) is 7. The topological polar surface area (TPSA) is 84.4 Å². The number of halogens is 1. The summed E-state index contributed by atoms with van der Waals surface area (Å²) in [6.45, 7) is 2.99. The zero-order valence-electron chi connectivity index (χ0n) is 17.1. The van der Waals surface area contributed by atoms with E-state index in [1.54, 1.807) is 18.0 Å². The molecule has 9 heteroatoms. The fourth-order valence-corrected chi connectivity index (χ4v) is 4.72. The number of thioether (sulfide) groups is 1. The van der Waals surface area contributed by atoms with Crippen molar-refractivity contribution in [3.8, 4) is 11.4 Å². The normalized spacial score (nSPS) is 15.3. The van der Waals surface area contributed by atoms with Crippen molar-refractivity contribution < 1.29 is 13.7 Å². The lowest BCUT2D eigenvalue weighted by Gasteiger charge is -2.30. The van der Waals surface area contributed by atoms with E-state index in [2.05, 4.69) is 36.3 Å². The summed E-state index contributed by atoms with van der Waals surface area (Å²) in [6.07, 6.45) is 3.37. The maximum absolute atomic E-state index is 12.4. The molecule has 3 aromatic rings. The Hall–Kier alpha value is -2.10. The average molecular weight is 505 g/mol. The van der Waals surface area contributed by atoms with Gasteiger partial charge in [-0.05, 0) is 50.2 Å². The van der Waals surface area contributed by atoms with Crippen LogP contribution >= 0.6 is 27.7 Å². The summed E-state index contributed by atoms with van der Waals surface area (Å²) in [5, 5.41) is 7.17. The molecule has 1 saturated heterocycles. The molecule has 1 N–H and O–H groups in total. The largest absolute Gasteiger partial charge is 0.468 e. The van der Waals surface area contributed by atoms with Crippen LogP contribution in [0.1, 0.15) is 24.5 Å². The molecule has 0 aliphatic carbocycles. The van der Waals surface area contributed by atoms with Crippen LogP contribution in [0.2, 0.25) is 0 Å². The zero-order valence-corrected chi connectivity index (χ0v) is 19.5. The molecular weight excluding hydrogens is 480 g/mol. The van der Waals surface area contributed by atoms with Crippen molar-refractivity contribution in [2.75, 3.05) is 25.4 Å². The molecule has 0 radical (unpaired) electrons. The Balaban J connectivity index is 1.15. The number of amides is 1. The van der Waals surface area contributed by atoms with Gasteiger partial charge in [-0.15, -0.1) is 0 Å². The number of carbonyl (C=O) groups excluding carboxylic acids is 1. The molecule has 2 aromatic heterocycles. The molecule has 1 aromatic carbocycles. The van der Waals surface area contributed by atoms with E-state index in [9.17, 15) is 4.79 Å². The van der Waals surface area contributed by atoms with E-state index in [-0.39, 0.29) is 11.8 Å². The number of aromatic nitrogens is 2. The first-order chi connectivity index (χ1) is 15.2. The summed E-state index contributed by atoms with van der Waals surface area (Å²) in [4.78, 5) is 19.2. The molecule has 164 valence electrons. The molecule has 1 fully saturated rings. The van der Waals surface area contributed by atoms with Gasteiger partial charge in [0, 0.05) is 28.3 Å². The first-order valence-corrected chi connectivity index (χ1v) is 12.3. The van der Waals surface area contributed by atoms with Gasteiger partial charge in [-0.25, -0.2) is 0 Å². The van der Waals surface area contributed by atoms with Gasteiger partial charge in [0.2, 0.25) is 17.6 Å². The van der Waals surface area contributed by atoms with Crippen LogP contribution in [0.3, 0.4) is 0 Å². The maximum Gasteiger partial charge on any atom is 0.241 e. The van der Waals surface area contributed by atoms with Gasteiger partial charge >= 0.3 is 0 Å². The first-order valence-electron chi connectivity index (χ1n) is 10.4. The third-order valence-corrected chi connectivity index (χ3v) is 6.71. The number of hydrogen-bond donors (Lipinski definition) is 1. The molecule has 7 nitrogen and oxygen atoms in total. The van der Waals surface area contributed by atoms with Gasteiger partial charge in [-0.1, -0.05) is 33.2 Å². The summed E-state index contributed by atoms with van der Waals surface area (Å²) < 4.78 is 11.7. The fourth-order valence-electron chi connectivity index (χ4n) is 3.57. The molecule has 0 atom stereocenters. The summed E-state index contributed by atoms with van der Waals surface area (Å²) in [7, 11) is 0. The SMILES string of the molecule is O=C(NCCSCc1ccco1)C1CCN(Cc2nc(-c3cccc(Br)c3)no2)CC1. The third-order valence-electron chi connectivity index (χ3n) is 5.24. The molecule has 4 rings (SSSR count). The van der Waals surface area contributed by atoms with Gasteiger partial charge in [0.1, 0.15) is 5.76 Å². The van der Waals surface area contributed by atoms with Crippen LogP contribution < -0.4 is 5.32 Å². The van der Waals surface area contributed by atoms with E-state index in [1.165, 1.54) is 0 Å². The fraction of sp³-hybridized carbons (Fsp3) is 0.409. The summed E-state index contributed by atoms with van der Waals surface area (Å²) >= 11 is 5.22.